The van der Waals surface area contributed by atoms with Crippen LogP contribution in [0, 0.1) is 5.92 Å². The minimum atomic E-state index is -0.772. The van der Waals surface area contributed by atoms with Gasteiger partial charge in [-0.1, -0.05) is 38.1 Å². The standard InChI is InChI=1S/C13H18O2.Sr.2H/c1-9(2)8-11-4-6-12(7-5-11)10(3)13(14)15;;;/h4-7,9-10H,8H2,1-3H3,(H,14,15);;;. The first-order valence-corrected chi connectivity index (χ1v) is 5.32. The first-order chi connectivity index (χ1) is 7.00. The Hall–Kier alpha value is 0.171. The van der Waals surface area contributed by atoms with Gasteiger partial charge < -0.3 is 5.11 Å². The van der Waals surface area contributed by atoms with Crippen molar-refractivity contribution in [2.45, 2.75) is 33.1 Å². The molecule has 0 aromatic heterocycles. The van der Waals surface area contributed by atoms with Gasteiger partial charge in [0, 0.05) is 0 Å². The number of hydrogen-bond donors (Lipinski definition) is 1. The first kappa shape index (κ1) is 16.2. The number of rotatable bonds is 4. The second-order valence-corrected chi connectivity index (χ2v) is 4.40. The maximum absolute atomic E-state index is 10.8. The molecule has 0 saturated heterocycles. The van der Waals surface area contributed by atoms with Gasteiger partial charge in [0.1, 0.15) is 0 Å². The van der Waals surface area contributed by atoms with Gasteiger partial charge in [0.2, 0.25) is 0 Å². The molecule has 2 nitrogen and oxygen atoms in total. The molecule has 1 aromatic rings. The number of aliphatic carboxylic acids is 1. The van der Waals surface area contributed by atoms with Crippen molar-refractivity contribution in [3.05, 3.63) is 35.4 Å². The van der Waals surface area contributed by atoms with Crippen molar-refractivity contribution in [2.75, 3.05) is 0 Å². The molecule has 0 fully saturated rings. The van der Waals surface area contributed by atoms with E-state index in [1.165, 1.54) is 5.56 Å². The fourth-order valence-corrected chi connectivity index (χ4v) is 1.56. The molecule has 1 unspecified atom stereocenters. The van der Waals surface area contributed by atoms with Gasteiger partial charge in [-0.25, -0.2) is 0 Å². The molecule has 0 aliphatic rings. The number of hydrogen-bond acceptors (Lipinski definition) is 1. The van der Waals surface area contributed by atoms with Crippen LogP contribution >= 0.6 is 0 Å². The summed E-state index contributed by atoms with van der Waals surface area (Å²) in [6.45, 7) is 6.06. The molecule has 0 bridgehead atoms. The molecule has 0 spiro atoms. The molecule has 1 aromatic carbocycles. The molecule has 0 saturated carbocycles. The fourth-order valence-electron chi connectivity index (χ4n) is 1.56. The Morgan fingerprint density at radius 3 is 2.06 bits per heavy atom. The van der Waals surface area contributed by atoms with Gasteiger partial charge in [-0.05, 0) is 30.4 Å². The van der Waals surface area contributed by atoms with E-state index in [0.717, 1.165) is 12.0 Å². The predicted molar refractivity (Wildman–Crippen MR) is 69.6 cm³/mol. The third-order valence-corrected chi connectivity index (χ3v) is 2.49. The molecule has 1 atom stereocenters. The van der Waals surface area contributed by atoms with E-state index < -0.39 is 11.9 Å². The Kier molecular flexibility index (Phi) is 7.57. The van der Waals surface area contributed by atoms with Gasteiger partial charge in [-0.2, -0.15) is 0 Å². The molecule has 0 heterocycles. The van der Waals surface area contributed by atoms with Gasteiger partial charge in [-0.3, -0.25) is 4.79 Å². The van der Waals surface area contributed by atoms with Crippen LogP contribution in [-0.4, -0.2) is 56.6 Å². The average molecular weight is 296 g/mol. The van der Waals surface area contributed by atoms with Crippen LogP contribution in [0.15, 0.2) is 24.3 Å². The van der Waals surface area contributed by atoms with Crippen molar-refractivity contribution in [2.24, 2.45) is 5.92 Å². The SMILES string of the molecule is CC(C)Cc1ccc(C(C)C(=O)O)cc1.[SrH2]. The molecular formula is C13H20O2Sr. The van der Waals surface area contributed by atoms with E-state index in [1.54, 1.807) is 6.92 Å². The molecule has 86 valence electrons. The van der Waals surface area contributed by atoms with E-state index in [2.05, 4.69) is 13.8 Å². The molecule has 1 N–H and O–H groups in total. The first-order valence-electron chi connectivity index (χ1n) is 5.32. The number of carboxylic acid groups (broad SMARTS) is 1. The Morgan fingerprint density at radius 1 is 1.19 bits per heavy atom. The summed E-state index contributed by atoms with van der Waals surface area (Å²) in [5.41, 5.74) is 2.14. The van der Waals surface area contributed by atoms with Gasteiger partial charge >= 0.3 is 51.5 Å². The Morgan fingerprint density at radius 2 is 1.69 bits per heavy atom. The zero-order chi connectivity index (χ0) is 11.4. The van der Waals surface area contributed by atoms with E-state index in [1.807, 2.05) is 24.3 Å². The molecule has 3 heteroatoms. The normalized spacial score (nSPS) is 12.0. The van der Waals surface area contributed by atoms with E-state index in [4.69, 9.17) is 5.11 Å². The van der Waals surface area contributed by atoms with Crippen molar-refractivity contribution < 1.29 is 9.90 Å². The van der Waals surface area contributed by atoms with Gasteiger partial charge in [0.05, 0.1) is 5.92 Å². The molecule has 0 aliphatic heterocycles. The molecule has 0 aliphatic carbocycles. The minimum absolute atomic E-state index is 0. The second-order valence-electron chi connectivity index (χ2n) is 4.40. The summed E-state index contributed by atoms with van der Waals surface area (Å²) in [5, 5.41) is 8.85. The Balaban J connectivity index is 0.00000225. The summed E-state index contributed by atoms with van der Waals surface area (Å²) in [6.07, 6.45) is 1.04. The monoisotopic (exact) mass is 296 g/mol. The Labute approximate surface area is 134 Å². The van der Waals surface area contributed by atoms with Crippen LogP contribution in [-0.2, 0) is 11.2 Å². The number of benzene rings is 1. The van der Waals surface area contributed by atoms with Gasteiger partial charge in [-0.15, -0.1) is 0 Å². The van der Waals surface area contributed by atoms with Crippen LogP contribution in [0.2, 0.25) is 0 Å². The summed E-state index contributed by atoms with van der Waals surface area (Å²) in [4.78, 5) is 10.8. The van der Waals surface area contributed by atoms with Crippen LogP contribution < -0.4 is 0 Å². The summed E-state index contributed by atoms with van der Waals surface area (Å²) < 4.78 is 0. The van der Waals surface area contributed by atoms with Crippen LogP contribution in [0.4, 0.5) is 0 Å². The zero-order valence-electron chi connectivity index (χ0n) is 9.53. The van der Waals surface area contributed by atoms with Crippen LogP contribution in [0.5, 0.6) is 0 Å². The van der Waals surface area contributed by atoms with Crippen molar-refractivity contribution >= 4 is 51.5 Å². The van der Waals surface area contributed by atoms with Gasteiger partial charge in [0.15, 0.2) is 0 Å². The van der Waals surface area contributed by atoms with Crippen LogP contribution in [0.25, 0.3) is 0 Å². The molecule has 0 amide bonds. The van der Waals surface area contributed by atoms with E-state index >= 15 is 0 Å². The van der Waals surface area contributed by atoms with Crippen molar-refractivity contribution in [1.82, 2.24) is 0 Å². The number of carbonyl (C=O) groups is 1. The van der Waals surface area contributed by atoms with Crippen molar-refractivity contribution in [1.29, 1.82) is 0 Å². The third-order valence-electron chi connectivity index (χ3n) is 2.49. The van der Waals surface area contributed by atoms with Crippen molar-refractivity contribution in [3.8, 4) is 0 Å². The summed E-state index contributed by atoms with van der Waals surface area (Å²) in [6, 6.07) is 7.87. The predicted octanol–water partition coefficient (Wildman–Crippen LogP) is 2.16. The van der Waals surface area contributed by atoms with E-state index in [0.29, 0.717) is 5.92 Å². The molecule has 1 rings (SSSR count). The zero-order valence-corrected chi connectivity index (χ0v) is 9.53. The summed E-state index contributed by atoms with van der Waals surface area (Å²) in [7, 11) is 0. The average Bonchev–Trinajstić information content (AvgIpc) is 2.17. The Bertz CT molecular complexity index is 330. The van der Waals surface area contributed by atoms with E-state index in [-0.39, 0.29) is 45.5 Å². The fraction of sp³-hybridized carbons (Fsp3) is 0.462. The molecule has 16 heavy (non-hydrogen) atoms. The molecular weight excluding hydrogens is 276 g/mol. The van der Waals surface area contributed by atoms with Crippen molar-refractivity contribution in [3.63, 3.8) is 0 Å². The summed E-state index contributed by atoms with van der Waals surface area (Å²) >= 11 is 0. The summed E-state index contributed by atoms with van der Waals surface area (Å²) in [5.74, 6) is -0.558. The second kappa shape index (κ2) is 7.49. The topological polar surface area (TPSA) is 37.3 Å². The number of carboxylic acids is 1. The third kappa shape index (κ3) is 5.00. The van der Waals surface area contributed by atoms with Gasteiger partial charge in [0.25, 0.3) is 0 Å². The maximum atomic E-state index is 10.8. The molecule has 0 radical (unpaired) electrons. The van der Waals surface area contributed by atoms with E-state index in [9.17, 15) is 4.79 Å². The quantitative estimate of drug-likeness (QED) is 0.865. The van der Waals surface area contributed by atoms with Crippen LogP contribution in [0.1, 0.15) is 37.8 Å². The van der Waals surface area contributed by atoms with Crippen LogP contribution in [0.3, 0.4) is 0 Å².